The van der Waals surface area contributed by atoms with E-state index in [1.807, 2.05) is 0 Å². The summed E-state index contributed by atoms with van der Waals surface area (Å²) >= 11 is 1.44. The van der Waals surface area contributed by atoms with E-state index in [-0.39, 0.29) is 30.7 Å². The predicted molar refractivity (Wildman–Crippen MR) is 96.3 cm³/mol. The zero-order chi connectivity index (χ0) is 14.4. The Morgan fingerprint density at radius 2 is 2.14 bits per heavy atom. The number of carbonyl (C=O) groups excluding carboxylic acids is 1. The van der Waals surface area contributed by atoms with Gasteiger partial charge in [-0.25, -0.2) is 4.98 Å². The average molecular weight is 369 g/mol. The molecule has 3 N–H and O–H groups in total. The molecule has 22 heavy (non-hydrogen) atoms. The van der Waals surface area contributed by atoms with E-state index in [0.717, 1.165) is 30.4 Å². The monoisotopic (exact) mass is 368 g/mol. The molecule has 0 saturated carbocycles. The second-order valence-corrected chi connectivity index (χ2v) is 6.20. The highest BCUT2D eigenvalue weighted by Crippen LogP contribution is 2.19. The van der Waals surface area contributed by atoms with Gasteiger partial charge in [-0.3, -0.25) is 4.79 Å². The summed E-state index contributed by atoms with van der Waals surface area (Å²) in [4.78, 5) is 18.6. The van der Waals surface area contributed by atoms with E-state index in [2.05, 4.69) is 22.1 Å². The molecule has 8 heteroatoms. The predicted octanol–water partition coefficient (Wildman–Crippen LogP) is 2.30. The van der Waals surface area contributed by atoms with Crippen molar-refractivity contribution in [1.82, 2.24) is 15.2 Å². The van der Waals surface area contributed by atoms with Gasteiger partial charge < -0.3 is 16.0 Å². The van der Waals surface area contributed by atoms with Crippen molar-refractivity contribution in [2.75, 3.05) is 26.2 Å². The van der Waals surface area contributed by atoms with Gasteiger partial charge in [0.25, 0.3) is 5.91 Å². The Balaban J connectivity index is 0.00000220. The van der Waals surface area contributed by atoms with Crippen LogP contribution in [-0.4, -0.2) is 42.0 Å². The van der Waals surface area contributed by atoms with Crippen LogP contribution in [0.15, 0.2) is 5.38 Å². The summed E-state index contributed by atoms with van der Waals surface area (Å²) in [5.74, 6) is 0.667. The van der Waals surface area contributed by atoms with Crippen molar-refractivity contribution >= 4 is 42.1 Å². The van der Waals surface area contributed by atoms with Gasteiger partial charge in [-0.1, -0.05) is 6.92 Å². The Kier molecular flexibility index (Phi) is 11.0. The first-order valence-electron chi connectivity index (χ1n) is 7.38. The summed E-state index contributed by atoms with van der Waals surface area (Å²) in [6, 6.07) is 0. The van der Waals surface area contributed by atoms with Crippen LogP contribution in [0, 0.1) is 5.92 Å². The molecule has 0 aliphatic carbocycles. The van der Waals surface area contributed by atoms with E-state index in [1.165, 1.54) is 37.3 Å². The lowest BCUT2D eigenvalue weighted by Gasteiger charge is -2.30. The van der Waals surface area contributed by atoms with Crippen molar-refractivity contribution in [2.24, 2.45) is 11.7 Å². The summed E-state index contributed by atoms with van der Waals surface area (Å²) < 4.78 is 0. The molecule has 1 aromatic rings. The van der Waals surface area contributed by atoms with Gasteiger partial charge in [0.15, 0.2) is 0 Å². The minimum Gasteiger partial charge on any atom is -0.351 e. The van der Waals surface area contributed by atoms with Crippen LogP contribution in [0.3, 0.4) is 0 Å². The van der Waals surface area contributed by atoms with Gasteiger partial charge in [0.05, 0.1) is 0 Å². The second kappa shape index (κ2) is 11.2. The molecule has 128 valence electrons. The number of piperidine rings is 1. The highest BCUT2D eigenvalue weighted by Gasteiger charge is 2.18. The van der Waals surface area contributed by atoms with Crippen LogP contribution in [0.2, 0.25) is 0 Å². The first kappa shape index (κ1) is 21.6. The van der Waals surface area contributed by atoms with Crippen molar-refractivity contribution in [3.63, 3.8) is 0 Å². The lowest BCUT2D eigenvalue weighted by atomic mass is 9.93. The fourth-order valence-corrected chi connectivity index (χ4v) is 3.24. The van der Waals surface area contributed by atoms with Gasteiger partial charge in [-0.05, 0) is 44.8 Å². The van der Waals surface area contributed by atoms with Crippen LogP contribution < -0.4 is 11.1 Å². The first-order valence-corrected chi connectivity index (χ1v) is 8.26. The number of aromatic nitrogens is 1. The number of halogens is 2. The number of nitrogens with two attached hydrogens (primary N) is 1. The molecule has 0 radical (unpaired) electrons. The van der Waals surface area contributed by atoms with Crippen LogP contribution in [-0.2, 0) is 6.54 Å². The zero-order valence-electron chi connectivity index (χ0n) is 12.9. The molecule has 1 fully saturated rings. The summed E-state index contributed by atoms with van der Waals surface area (Å²) in [6.45, 7) is 6.89. The van der Waals surface area contributed by atoms with Crippen LogP contribution >= 0.6 is 36.2 Å². The SMILES string of the molecule is CCN1CCC(CCNC(=O)c2csc(CN)n2)CC1.Cl.Cl. The molecule has 0 bridgehead atoms. The molecule has 1 aliphatic rings. The summed E-state index contributed by atoms with van der Waals surface area (Å²) in [5.41, 5.74) is 5.99. The molecule has 1 aromatic heterocycles. The van der Waals surface area contributed by atoms with Gasteiger partial charge in [0.2, 0.25) is 0 Å². The molecule has 0 aromatic carbocycles. The van der Waals surface area contributed by atoms with Gasteiger partial charge in [0.1, 0.15) is 10.7 Å². The van der Waals surface area contributed by atoms with E-state index in [9.17, 15) is 4.79 Å². The average Bonchev–Trinajstić information content (AvgIpc) is 2.97. The van der Waals surface area contributed by atoms with E-state index in [0.29, 0.717) is 12.2 Å². The third-order valence-electron chi connectivity index (χ3n) is 3.95. The lowest BCUT2D eigenvalue weighted by molar-refractivity contribution is 0.0944. The summed E-state index contributed by atoms with van der Waals surface area (Å²) in [5, 5.41) is 5.54. The Morgan fingerprint density at radius 1 is 1.45 bits per heavy atom. The number of likely N-dealkylation sites (tertiary alicyclic amines) is 1. The topological polar surface area (TPSA) is 71.2 Å². The lowest BCUT2D eigenvalue weighted by Crippen LogP contribution is -2.35. The van der Waals surface area contributed by atoms with E-state index in [1.54, 1.807) is 5.38 Å². The maximum absolute atomic E-state index is 11.9. The molecule has 2 heterocycles. The van der Waals surface area contributed by atoms with Gasteiger partial charge >= 0.3 is 0 Å². The van der Waals surface area contributed by atoms with E-state index < -0.39 is 0 Å². The van der Waals surface area contributed by atoms with Crippen LogP contribution in [0.5, 0.6) is 0 Å². The van der Waals surface area contributed by atoms with Crippen molar-refractivity contribution in [3.05, 3.63) is 16.1 Å². The Morgan fingerprint density at radius 3 is 2.68 bits per heavy atom. The molecule has 5 nitrogen and oxygen atoms in total. The Labute approximate surface area is 148 Å². The van der Waals surface area contributed by atoms with Crippen LogP contribution in [0.25, 0.3) is 0 Å². The highest BCUT2D eigenvalue weighted by molar-refractivity contribution is 7.09. The molecule has 0 atom stereocenters. The van der Waals surface area contributed by atoms with E-state index >= 15 is 0 Å². The summed E-state index contributed by atoms with van der Waals surface area (Å²) in [6.07, 6.45) is 3.56. The maximum Gasteiger partial charge on any atom is 0.270 e. The molecule has 1 saturated heterocycles. The number of hydrogen-bond acceptors (Lipinski definition) is 5. The number of thiazole rings is 1. The molecule has 0 spiro atoms. The molecule has 1 amide bonds. The molecule has 1 aliphatic heterocycles. The number of hydrogen-bond donors (Lipinski definition) is 2. The quantitative estimate of drug-likeness (QED) is 0.807. The number of rotatable bonds is 6. The summed E-state index contributed by atoms with van der Waals surface area (Å²) in [7, 11) is 0. The van der Waals surface area contributed by atoms with Gasteiger partial charge in [0, 0.05) is 18.5 Å². The number of nitrogens with zero attached hydrogens (tertiary/aromatic N) is 2. The third kappa shape index (κ3) is 6.38. The van der Waals surface area contributed by atoms with Crippen molar-refractivity contribution < 1.29 is 4.79 Å². The molecule has 0 unspecified atom stereocenters. The smallest absolute Gasteiger partial charge is 0.270 e. The number of nitrogens with one attached hydrogen (secondary N) is 1. The van der Waals surface area contributed by atoms with Crippen molar-refractivity contribution in [1.29, 1.82) is 0 Å². The molecule has 2 rings (SSSR count). The maximum atomic E-state index is 11.9. The minimum atomic E-state index is -0.0769. The third-order valence-corrected chi connectivity index (χ3v) is 4.82. The fraction of sp³-hybridized carbons (Fsp3) is 0.714. The fourth-order valence-electron chi connectivity index (χ4n) is 2.58. The van der Waals surface area contributed by atoms with Gasteiger partial charge in [-0.2, -0.15) is 0 Å². The van der Waals surface area contributed by atoms with Crippen LogP contribution in [0.4, 0.5) is 0 Å². The van der Waals surface area contributed by atoms with Crippen molar-refractivity contribution in [2.45, 2.75) is 32.7 Å². The van der Waals surface area contributed by atoms with Gasteiger partial charge in [-0.15, -0.1) is 36.2 Å². The number of carbonyl (C=O) groups is 1. The normalized spacial score (nSPS) is 15.7. The second-order valence-electron chi connectivity index (χ2n) is 5.25. The van der Waals surface area contributed by atoms with Crippen LogP contribution in [0.1, 0.15) is 41.7 Å². The van der Waals surface area contributed by atoms with E-state index in [4.69, 9.17) is 5.73 Å². The highest BCUT2D eigenvalue weighted by atomic mass is 35.5. The van der Waals surface area contributed by atoms with Crippen molar-refractivity contribution in [3.8, 4) is 0 Å². The molecular weight excluding hydrogens is 343 g/mol. The largest absolute Gasteiger partial charge is 0.351 e. The molecular formula is C14H26Cl2N4OS. The zero-order valence-corrected chi connectivity index (χ0v) is 15.4. The Hall–Kier alpha value is -0.400. The standard InChI is InChI=1S/C14H24N4OS.2ClH/c1-2-18-7-4-11(5-8-18)3-6-16-14(19)12-10-20-13(9-15)17-12;;/h10-11H,2-9,15H2,1H3,(H,16,19);2*1H. The first-order chi connectivity index (χ1) is 9.72. The number of amides is 1. The minimum absolute atomic E-state index is 0. The Bertz CT molecular complexity index is 436.